The van der Waals surface area contributed by atoms with Crippen LogP contribution in [0.1, 0.15) is 113 Å². The van der Waals surface area contributed by atoms with E-state index in [1.165, 1.54) is 0 Å². The van der Waals surface area contributed by atoms with Crippen molar-refractivity contribution in [1.29, 1.82) is 0 Å². The van der Waals surface area contributed by atoms with Crippen LogP contribution in [0, 0.1) is 50.2 Å². The standard InChI is InChI=1S/C36H56O9/c1-19-25(37)26(38)27(39)28(44-19)45-24-11-12-33(6)22(32(24,4)5)10-13-34(7)23(33)9-8-20-21-18-31(2,3)14-15-35(21,29(40)41)16-17-36(20,34)30(42)43/h8,19,21-28,37-39H,9-18H2,1-7H3,(H,40,41)(H,42,43)/t19-,21?,22?,23?,24+,25+,26+,27-,28+,33+,34-,35+,36-/m1/s1. The fourth-order valence-electron chi connectivity index (χ4n) is 12.3. The molecule has 9 heteroatoms. The van der Waals surface area contributed by atoms with Crippen LogP contribution in [0.15, 0.2) is 11.6 Å². The van der Waals surface area contributed by atoms with E-state index >= 15 is 0 Å². The monoisotopic (exact) mass is 632 g/mol. The number of rotatable bonds is 4. The van der Waals surface area contributed by atoms with Crippen LogP contribution < -0.4 is 0 Å². The van der Waals surface area contributed by atoms with E-state index in [1.807, 2.05) is 0 Å². The summed E-state index contributed by atoms with van der Waals surface area (Å²) in [4.78, 5) is 26.7. The molecule has 9 nitrogen and oxygen atoms in total. The van der Waals surface area contributed by atoms with Gasteiger partial charge in [-0.25, -0.2) is 0 Å². The van der Waals surface area contributed by atoms with Gasteiger partial charge in [0.05, 0.1) is 23.0 Å². The normalized spacial score (nSPS) is 51.9. The molecular formula is C36H56O9. The van der Waals surface area contributed by atoms with E-state index in [9.17, 15) is 35.1 Å². The van der Waals surface area contributed by atoms with E-state index in [1.54, 1.807) is 6.92 Å². The Kier molecular flexibility index (Phi) is 7.78. The van der Waals surface area contributed by atoms with Crippen LogP contribution in [0.3, 0.4) is 0 Å². The van der Waals surface area contributed by atoms with E-state index in [0.717, 1.165) is 37.7 Å². The predicted molar refractivity (Wildman–Crippen MR) is 166 cm³/mol. The van der Waals surface area contributed by atoms with Crippen LogP contribution >= 0.6 is 0 Å². The molecule has 5 aliphatic carbocycles. The predicted octanol–water partition coefficient (Wildman–Crippen LogP) is 5.15. The van der Waals surface area contributed by atoms with Gasteiger partial charge in [-0.2, -0.15) is 0 Å². The van der Waals surface area contributed by atoms with E-state index in [4.69, 9.17) is 9.47 Å². The molecule has 1 aliphatic heterocycles. The maximum Gasteiger partial charge on any atom is 0.314 e. The van der Waals surface area contributed by atoms with Crippen LogP contribution in [0.4, 0.5) is 0 Å². The summed E-state index contributed by atoms with van der Waals surface area (Å²) >= 11 is 0. The second-order valence-corrected chi connectivity index (χ2v) is 17.7. The fourth-order valence-corrected chi connectivity index (χ4v) is 12.3. The first kappa shape index (κ1) is 33.4. The number of aliphatic hydroxyl groups is 3. The average molecular weight is 633 g/mol. The second-order valence-electron chi connectivity index (χ2n) is 17.7. The van der Waals surface area contributed by atoms with Crippen LogP contribution in [-0.4, -0.2) is 74.3 Å². The minimum atomic E-state index is -1.36. The van der Waals surface area contributed by atoms with Crippen LogP contribution in [-0.2, 0) is 19.1 Å². The Bertz CT molecular complexity index is 1260. The van der Waals surface area contributed by atoms with Crippen molar-refractivity contribution in [3.05, 3.63) is 11.6 Å². The van der Waals surface area contributed by atoms with Crippen LogP contribution in [0.2, 0.25) is 0 Å². The number of ether oxygens (including phenoxy) is 2. The maximum absolute atomic E-state index is 13.8. The molecule has 0 aromatic carbocycles. The van der Waals surface area contributed by atoms with Gasteiger partial charge in [-0.3, -0.25) is 9.59 Å². The fraction of sp³-hybridized carbons (Fsp3) is 0.889. The minimum Gasteiger partial charge on any atom is -0.481 e. The van der Waals surface area contributed by atoms with Gasteiger partial charge in [0.15, 0.2) is 6.29 Å². The zero-order valence-electron chi connectivity index (χ0n) is 28.2. The molecule has 5 fully saturated rings. The number of hydrogen-bond donors (Lipinski definition) is 5. The Hall–Kier alpha value is -1.52. The molecule has 0 spiro atoms. The first-order chi connectivity index (χ1) is 20.8. The van der Waals surface area contributed by atoms with Crippen molar-refractivity contribution in [3.63, 3.8) is 0 Å². The molecule has 0 amide bonds. The third-order valence-corrected chi connectivity index (χ3v) is 14.9. The quantitative estimate of drug-likeness (QED) is 0.209. The number of carbonyl (C=O) groups is 2. The molecular weight excluding hydrogens is 576 g/mol. The lowest BCUT2D eigenvalue weighted by Crippen LogP contribution is -2.68. The Labute approximate surface area is 267 Å². The van der Waals surface area contributed by atoms with Gasteiger partial charge in [0.1, 0.15) is 18.3 Å². The summed E-state index contributed by atoms with van der Waals surface area (Å²) in [5.74, 6) is -1.52. The maximum atomic E-state index is 13.8. The largest absolute Gasteiger partial charge is 0.481 e. The number of aliphatic hydroxyl groups excluding tert-OH is 3. The summed E-state index contributed by atoms with van der Waals surface area (Å²) in [6.07, 6.45) is 3.02. The molecule has 0 radical (unpaired) electrons. The van der Waals surface area contributed by atoms with Crippen molar-refractivity contribution in [3.8, 4) is 0 Å². The van der Waals surface area contributed by atoms with E-state index in [0.29, 0.717) is 32.1 Å². The lowest BCUT2D eigenvalue weighted by Gasteiger charge is -2.70. The van der Waals surface area contributed by atoms with Crippen LogP contribution in [0.5, 0.6) is 0 Å². The van der Waals surface area contributed by atoms with Crippen molar-refractivity contribution in [2.75, 3.05) is 0 Å². The van der Waals surface area contributed by atoms with Gasteiger partial charge in [-0.1, -0.05) is 53.2 Å². The molecule has 6 aliphatic rings. The van der Waals surface area contributed by atoms with Crippen molar-refractivity contribution >= 4 is 11.9 Å². The number of carboxylic acid groups (broad SMARTS) is 2. The van der Waals surface area contributed by atoms with Gasteiger partial charge >= 0.3 is 11.9 Å². The van der Waals surface area contributed by atoms with E-state index in [2.05, 4.69) is 47.6 Å². The zero-order chi connectivity index (χ0) is 33.1. The summed E-state index contributed by atoms with van der Waals surface area (Å²) in [7, 11) is 0. The molecule has 0 aromatic heterocycles. The molecule has 4 saturated carbocycles. The van der Waals surface area contributed by atoms with E-state index < -0.39 is 58.9 Å². The van der Waals surface area contributed by atoms with E-state index in [-0.39, 0.29) is 40.1 Å². The smallest absolute Gasteiger partial charge is 0.314 e. The van der Waals surface area contributed by atoms with Gasteiger partial charge in [0.2, 0.25) is 0 Å². The average Bonchev–Trinajstić information content (AvgIpc) is 2.95. The van der Waals surface area contributed by atoms with Gasteiger partial charge in [-0.15, -0.1) is 0 Å². The molecule has 6 rings (SSSR count). The Morgan fingerprint density at radius 2 is 1.49 bits per heavy atom. The molecule has 254 valence electrons. The van der Waals surface area contributed by atoms with Gasteiger partial charge in [-0.05, 0) is 111 Å². The topological polar surface area (TPSA) is 154 Å². The SMILES string of the molecule is C[C@H]1O[C@@H](O[C@H]2CC[C@@]3(C)C(CC[C@]4(C)C3CC=C3C5CC(C)(C)CC[C@]5(C(=O)O)CC[C@]34C(=O)O)C2(C)C)[C@H](O)[C@@H](O)[C@H]1O. The summed E-state index contributed by atoms with van der Waals surface area (Å²) in [6.45, 7) is 15.0. The minimum absolute atomic E-state index is 0.0443. The number of fused-ring (bicyclic) bond motifs is 7. The van der Waals surface area contributed by atoms with Crippen molar-refractivity contribution in [1.82, 2.24) is 0 Å². The molecule has 1 saturated heterocycles. The highest BCUT2D eigenvalue weighted by Gasteiger charge is 2.73. The highest BCUT2D eigenvalue weighted by molar-refractivity contribution is 5.84. The summed E-state index contributed by atoms with van der Waals surface area (Å²) in [5, 5.41) is 53.2. The molecule has 45 heavy (non-hydrogen) atoms. The van der Waals surface area contributed by atoms with Crippen molar-refractivity contribution in [2.24, 2.45) is 50.2 Å². The molecule has 5 N–H and O–H groups in total. The molecule has 0 bridgehead atoms. The molecule has 13 atom stereocenters. The first-order valence-corrected chi connectivity index (χ1v) is 17.3. The third-order valence-electron chi connectivity index (χ3n) is 14.9. The van der Waals surface area contributed by atoms with Crippen LogP contribution in [0.25, 0.3) is 0 Å². The third kappa shape index (κ3) is 4.42. The first-order valence-electron chi connectivity index (χ1n) is 17.3. The molecule has 1 heterocycles. The number of hydrogen-bond acceptors (Lipinski definition) is 7. The van der Waals surface area contributed by atoms with Gasteiger partial charge in [0.25, 0.3) is 0 Å². The highest BCUT2D eigenvalue weighted by Crippen LogP contribution is 2.76. The molecule has 3 unspecified atom stereocenters. The lowest BCUT2D eigenvalue weighted by atomic mass is 9.33. The Morgan fingerprint density at radius 1 is 0.822 bits per heavy atom. The Balaban J connectivity index is 1.35. The number of carboxylic acids is 2. The molecule has 0 aromatic rings. The summed E-state index contributed by atoms with van der Waals surface area (Å²) in [6, 6.07) is 0. The van der Waals surface area contributed by atoms with Crippen molar-refractivity contribution < 1.29 is 44.6 Å². The summed E-state index contributed by atoms with van der Waals surface area (Å²) < 4.78 is 12.3. The zero-order valence-corrected chi connectivity index (χ0v) is 28.2. The van der Waals surface area contributed by atoms with Gasteiger partial charge < -0.3 is 35.0 Å². The number of aliphatic carboxylic acids is 2. The Morgan fingerprint density at radius 3 is 2.13 bits per heavy atom. The second kappa shape index (κ2) is 10.5. The summed E-state index contributed by atoms with van der Waals surface area (Å²) in [5.41, 5.74) is -2.17. The van der Waals surface area contributed by atoms with Crippen molar-refractivity contribution in [2.45, 2.75) is 149 Å². The lowest BCUT2D eigenvalue weighted by molar-refractivity contribution is -0.324. The van der Waals surface area contributed by atoms with Gasteiger partial charge in [0, 0.05) is 0 Å². The highest BCUT2D eigenvalue weighted by atomic mass is 16.7. The number of allylic oxidation sites excluding steroid dienone is 1.